The molecule has 1 aliphatic heterocycles. The largest absolute Gasteiger partial charge is 0.497 e. The number of pyridine rings is 1. The lowest BCUT2D eigenvalue weighted by Gasteiger charge is -2.16. The number of fused-ring (bicyclic) bond motifs is 1. The molecule has 154 valence electrons. The van der Waals surface area contributed by atoms with Crippen molar-refractivity contribution in [3.63, 3.8) is 0 Å². The second kappa shape index (κ2) is 7.06. The third-order valence-electron chi connectivity index (χ3n) is 5.84. The smallest absolute Gasteiger partial charge is 0.236 e. The van der Waals surface area contributed by atoms with Crippen molar-refractivity contribution in [3.05, 3.63) is 65.9 Å². The topological polar surface area (TPSA) is 69.7 Å². The maximum Gasteiger partial charge on any atom is 0.236 e. The summed E-state index contributed by atoms with van der Waals surface area (Å²) in [5.41, 5.74) is 3.36. The van der Waals surface area contributed by atoms with E-state index >= 15 is 0 Å². The Morgan fingerprint density at radius 2 is 1.83 bits per heavy atom. The molecule has 1 amide bonds. The van der Waals surface area contributed by atoms with Gasteiger partial charge < -0.3 is 19.5 Å². The summed E-state index contributed by atoms with van der Waals surface area (Å²) in [5.74, 6) is 2.75. The van der Waals surface area contributed by atoms with Crippen molar-refractivity contribution < 1.29 is 20.4 Å². The maximum atomic E-state index is 13.1. The van der Waals surface area contributed by atoms with Gasteiger partial charge in [0.15, 0.2) is 11.5 Å². The predicted molar refractivity (Wildman–Crippen MR) is 115 cm³/mol. The first kappa shape index (κ1) is 18.5. The number of carbonyl (C=O) groups excluding carboxylic acids is 1. The third kappa shape index (κ3) is 3.14. The molecule has 5 rings (SSSR count). The number of hydrogen-bond acceptors (Lipinski definition) is 5. The molecule has 1 saturated carbocycles. The van der Waals surface area contributed by atoms with Gasteiger partial charge in [-0.3, -0.25) is 4.79 Å². The van der Waals surface area contributed by atoms with Gasteiger partial charge in [0, 0.05) is 12.7 Å². The van der Waals surface area contributed by atoms with Gasteiger partial charge in [0.05, 0.1) is 12.5 Å². The van der Waals surface area contributed by atoms with E-state index in [4.69, 9.17) is 14.2 Å². The highest BCUT2D eigenvalue weighted by molar-refractivity contribution is 6.01. The van der Waals surface area contributed by atoms with Crippen LogP contribution in [-0.4, -0.2) is 24.8 Å². The number of ether oxygens (including phenoxy) is 3. The number of aromatic nitrogens is 1. The van der Waals surface area contributed by atoms with Gasteiger partial charge in [0.1, 0.15) is 11.6 Å². The summed E-state index contributed by atoms with van der Waals surface area (Å²) in [5, 5.41) is 3.01. The Bertz CT molecular complexity index is 1130. The van der Waals surface area contributed by atoms with Gasteiger partial charge in [0.25, 0.3) is 0 Å². The lowest BCUT2D eigenvalue weighted by molar-refractivity contribution is -0.118. The summed E-state index contributed by atoms with van der Waals surface area (Å²) in [4.78, 5) is 17.7. The molecular weight excluding hydrogens is 380 g/mol. The fourth-order valence-electron chi connectivity index (χ4n) is 3.91. The van der Waals surface area contributed by atoms with Crippen molar-refractivity contribution in [2.75, 3.05) is 19.2 Å². The molecule has 1 N–H and O–H groups in total. The van der Waals surface area contributed by atoms with E-state index in [-0.39, 0.29) is 14.1 Å². The quantitative estimate of drug-likeness (QED) is 0.667. The standard InChI is InChI=1S/C24H22N2O4.H2/c1-15-19(16-3-6-18(28-2)7-4-16)8-10-22(25-15)26-23(27)24(11-12-24)17-5-9-20-21(13-17)30-14-29-20;/h3-10,13H,11-12,14H2,1-2H3,(H,25,26,27);1H. The Hall–Kier alpha value is -3.54. The van der Waals surface area contributed by atoms with Crippen molar-refractivity contribution in [3.8, 4) is 28.4 Å². The number of rotatable bonds is 5. The molecule has 0 unspecified atom stereocenters. The number of methoxy groups -OCH3 is 1. The molecule has 0 saturated heterocycles. The van der Waals surface area contributed by atoms with Crippen LogP contribution in [0.2, 0.25) is 0 Å². The van der Waals surface area contributed by atoms with Crippen LogP contribution in [0.4, 0.5) is 5.82 Å². The van der Waals surface area contributed by atoms with Crippen LogP contribution in [0.25, 0.3) is 11.1 Å². The number of anilines is 1. The number of benzene rings is 2. The molecule has 3 aromatic rings. The van der Waals surface area contributed by atoms with Crippen LogP contribution in [0.15, 0.2) is 54.6 Å². The van der Waals surface area contributed by atoms with Crippen molar-refractivity contribution >= 4 is 11.7 Å². The first-order valence-electron chi connectivity index (χ1n) is 9.93. The lowest BCUT2D eigenvalue weighted by Crippen LogP contribution is -2.28. The highest BCUT2D eigenvalue weighted by Crippen LogP contribution is 2.51. The van der Waals surface area contributed by atoms with Crippen LogP contribution in [-0.2, 0) is 10.2 Å². The zero-order valence-electron chi connectivity index (χ0n) is 16.9. The van der Waals surface area contributed by atoms with Gasteiger partial charge in [-0.2, -0.15) is 0 Å². The molecule has 1 aliphatic carbocycles. The van der Waals surface area contributed by atoms with E-state index in [9.17, 15) is 4.79 Å². The zero-order chi connectivity index (χ0) is 20.7. The molecule has 2 aromatic carbocycles. The fourth-order valence-corrected chi connectivity index (χ4v) is 3.91. The minimum Gasteiger partial charge on any atom is -0.497 e. The molecule has 6 heteroatoms. The molecule has 6 nitrogen and oxygen atoms in total. The van der Waals surface area contributed by atoms with Crippen molar-refractivity contribution in [2.45, 2.75) is 25.2 Å². The molecule has 0 atom stereocenters. The van der Waals surface area contributed by atoms with Crippen molar-refractivity contribution in [1.82, 2.24) is 4.98 Å². The van der Waals surface area contributed by atoms with Crippen LogP contribution in [0.3, 0.4) is 0 Å². The Labute approximate surface area is 176 Å². The Balaban J connectivity index is 0.00000231. The first-order valence-corrected chi connectivity index (χ1v) is 9.93. The summed E-state index contributed by atoms with van der Waals surface area (Å²) in [6.45, 7) is 2.17. The van der Waals surface area contributed by atoms with Crippen molar-refractivity contribution in [1.29, 1.82) is 0 Å². The van der Waals surface area contributed by atoms with Crippen LogP contribution in [0.5, 0.6) is 17.2 Å². The van der Waals surface area contributed by atoms with E-state index < -0.39 is 5.41 Å². The molecule has 0 bridgehead atoms. The molecule has 2 aliphatic rings. The molecule has 1 aromatic heterocycles. The predicted octanol–water partition coefficient (Wildman–Crippen LogP) is 4.71. The average molecular weight is 404 g/mol. The minimum absolute atomic E-state index is 0. The fraction of sp³-hybridized carbons (Fsp3) is 0.250. The normalized spacial score (nSPS) is 15.5. The Morgan fingerprint density at radius 1 is 1.07 bits per heavy atom. The van der Waals surface area contributed by atoms with Gasteiger partial charge in [-0.1, -0.05) is 18.2 Å². The maximum absolute atomic E-state index is 13.1. The average Bonchev–Trinajstić information content (AvgIpc) is 3.45. The van der Waals surface area contributed by atoms with Gasteiger partial charge >= 0.3 is 0 Å². The SMILES string of the molecule is COc1ccc(-c2ccc(NC(=O)C3(c4ccc5c(c4)OCO5)CC3)nc2C)cc1.[HH]. The zero-order valence-corrected chi connectivity index (χ0v) is 16.9. The number of nitrogens with one attached hydrogen (secondary N) is 1. The lowest BCUT2D eigenvalue weighted by atomic mass is 9.94. The number of nitrogens with zero attached hydrogens (tertiary/aromatic N) is 1. The number of carbonyl (C=O) groups is 1. The Kier molecular flexibility index (Phi) is 4.35. The first-order chi connectivity index (χ1) is 14.6. The molecule has 2 heterocycles. The number of aryl methyl sites for hydroxylation is 1. The van der Waals surface area contributed by atoms with Gasteiger partial charge in [-0.15, -0.1) is 0 Å². The van der Waals surface area contributed by atoms with Crippen LogP contribution >= 0.6 is 0 Å². The second-order valence-electron chi connectivity index (χ2n) is 7.66. The second-order valence-corrected chi connectivity index (χ2v) is 7.66. The summed E-state index contributed by atoms with van der Waals surface area (Å²) < 4.78 is 16.1. The summed E-state index contributed by atoms with van der Waals surface area (Å²) in [6, 6.07) is 17.4. The number of hydrogen-bond donors (Lipinski definition) is 1. The molecule has 30 heavy (non-hydrogen) atoms. The van der Waals surface area contributed by atoms with E-state index in [1.165, 1.54) is 0 Å². The molecular formula is C24H24N2O4. The summed E-state index contributed by atoms with van der Waals surface area (Å²) >= 11 is 0. The van der Waals surface area contributed by atoms with Gasteiger partial charge in [-0.25, -0.2) is 4.98 Å². The van der Waals surface area contributed by atoms with Gasteiger partial charge in [0.2, 0.25) is 12.7 Å². The molecule has 0 spiro atoms. The van der Waals surface area contributed by atoms with E-state index in [0.29, 0.717) is 11.6 Å². The van der Waals surface area contributed by atoms with Crippen molar-refractivity contribution in [2.24, 2.45) is 0 Å². The van der Waals surface area contributed by atoms with E-state index in [0.717, 1.165) is 46.7 Å². The van der Waals surface area contributed by atoms with E-state index in [1.54, 1.807) is 7.11 Å². The highest BCUT2D eigenvalue weighted by atomic mass is 16.7. The monoisotopic (exact) mass is 404 g/mol. The summed E-state index contributed by atoms with van der Waals surface area (Å²) in [6.07, 6.45) is 1.61. The summed E-state index contributed by atoms with van der Waals surface area (Å²) in [7, 11) is 1.65. The third-order valence-corrected chi connectivity index (χ3v) is 5.84. The highest BCUT2D eigenvalue weighted by Gasteiger charge is 2.51. The Morgan fingerprint density at radius 3 is 2.53 bits per heavy atom. The van der Waals surface area contributed by atoms with Gasteiger partial charge in [-0.05, 0) is 67.3 Å². The van der Waals surface area contributed by atoms with E-state index in [2.05, 4.69) is 10.3 Å². The van der Waals surface area contributed by atoms with Crippen LogP contribution in [0, 0.1) is 6.92 Å². The number of amides is 1. The van der Waals surface area contributed by atoms with Crippen LogP contribution < -0.4 is 19.5 Å². The molecule has 0 radical (unpaired) electrons. The minimum atomic E-state index is -0.523. The van der Waals surface area contributed by atoms with Crippen LogP contribution in [0.1, 0.15) is 25.5 Å². The van der Waals surface area contributed by atoms with E-state index in [1.807, 2.05) is 61.5 Å². The molecule has 1 fully saturated rings.